The number of carbonyl (C=O) groups is 1. The Morgan fingerprint density at radius 2 is 2.04 bits per heavy atom. The molecule has 1 aliphatic carbocycles. The summed E-state index contributed by atoms with van der Waals surface area (Å²) in [5.74, 6) is 1.16. The zero-order valence-corrected chi connectivity index (χ0v) is 13.2. The SMILES string of the molecule is O=C(NC1CCCC1)[C@H]1CCCN(c2ccc3nncn3n2)C1. The third-order valence-corrected chi connectivity index (χ3v) is 4.97. The van der Waals surface area contributed by atoms with E-state index in [0.29, 0.717) is 6.04 Å². The molecular weight excluding hydrogens is 292 g/mol. The number of piperidine rings is 1. The van der Waals surface area contributed by atoms with Gasteiger partial charge in [0.1, 0.15) is 12.1 Å². The Labute approximate surface area is 135 Å². The molecule has 7 heteroatoms. The number of anilines is 1. The van der Waals surface area contributed by atoms with E-state index < -0.39 is 0 Å². The minimum absolute atomic E-state index is 0.0581. The zero-order chi connectivity index (χ0) is 15.6. The van der Waals surface area contributed by atoms with E-state index in [4.69, 9.17) is 0 Å². The van der Waals surface area contributed by atoms with Crippen molar-refractivity contribution >= 4 is 17.4 Å². The van der Waals surface area contributed by atoms with Crippen LogP contribution in [0.25, 0.3) is 5.65 Å². The average Bonchev–Trinajstić information content (AvgIpc) is 3.25. The maximum absolute atomic E-state index is 12.5. The molecule has 0 radical (unpaired) electrons. The van der Waals surface area contributed by atoms with Crippen molar-refractivity contribution in [3.8, 4) is 0 Å². The molecule has 122 valence electrons. The number of nitrogens with zero attached hydrogens (tertiary/aromatic N) is 5. The van der Waals surface area contributed by atoms with Crippen LogP contribution in [0.4, 0.5) is 5.82 Å². The topological polar surface area (TPSA) is 75.4 Å². The van der Waals surface area contributed by atoms with Crippen LogP contribution in [0.2, 0.25) is 0 Å². The molecule has 2 aromatic rings. The Balaban J connectivity index is 1.44. The number of aromatic nitrogens is 4. The predicted octanol–water partition coefficient (Wildman–Crippen LogP) is 1.40. The molecule has 0 aromatic carbocycles. The van der Waals surface area contributed by atoms with Gasteiger partial charge in [-0.1, -0.05) is 12.8 Å². The van der Waals surface area contributed by atoms with Gasteiger partial charge in [0, 0.05) is 19.1 Å². The lowest BCUT2D eigenvalue weighted by molar-refractivity contribution is -0.125. The van der Waals surface area contributed by atoms with Gasteiger partial charge in [-0.05, 0) is 37.8 Å². The quantitative estimate of drug-likeness (QED) is 0.927. The van der Waals surface area contributed by atoms with Gasteiger partial charge in [0.05, 0.1) is 5.92 Å². The van der Waals surface area contributed by atoms with Crippen molar-refractivity contribution in [3.05, 3.63) is 18.5 Å². The third kappa shape index (κ3) is 3.00. The fourth-order valence-electron chi connectivity index (χ4n) is 3.68. The number of hydrogen-bond acceptors (Lipinski definition) is 5. The number of carbonyl (C=O) groups excluding carboxylic acids is 1. The first-order chi connectivity index (χ1) is 11.3. The fourth-order valence-corrected chi connectivity index (χ4v) is 3.68. The lowest BCUT2D eigenvalue weighted by Crippen LogP contribution is -2.45. The second-order valence-electron chi connectivity index (χ2n) is 6.60. The van der Waals surface area contributed by atoms with Crippen LogP contribution in [-0.4, -0.2) is 44.8 Å². The summed E-state index contributed by atoms with van der Waals surface area (Å²) >= 11 is 0. The Morgan fingerprint density at radius 1 is 1.17 bits per heavy atom. The Hall–Kier alpha value is -2.18. The monoisotopic (exact) mass is 314 g/mol. The van der Waals surface area contributed by atoms with Crippen molar-refractivity contribution in [1.82, 2.24) is 25.1 Å². The van der Waals surface area contributed by atoms with Crippen LogP contribution < -0.4 is 10.2 Å². The summed E-state index contributed by atoms with van der Waals surface area (Å²) in [7, 11) is 0. The van der Waals surface area contributed by atoms with Gasteiger partial charge in [-0.25, -0.2) is 0 Å². The van der Waals surface area contributed by atoms with Gasteiger partial charge in [-0.2, -0.15) is 4.52 Å². The van der Waals surface area contributed by atoms with Gasteiger partial charge in [0.15, 0.2) is 5.65 Å². The van der Waals surface area contributed by atoms with Gasteiger partial charge in [-0.3, -0.25) is 4.79 Å². The Morgan fingerprint density at radius 3 is 2.91 bits per heavy atom. The highest BCUT2D eigenvalue weighted by Gasteiger charge is 2.28. The molecule has 1 aliphatic heterocycles. The lowest BCUT2D eigenvalue weighted by atomic mass is 9.96. The highest BCUT2D eigenvalue weighted by atomic mass is 16.2. The first-order valence-corrected chi connectivity index (χ1v) is 8.52. The van der Waals surface area contributed by atoms with Crippen molar-refractivity contribution in [2.24, 2.45) is 5.92 Å². The first-order valence-electron chi connectivity index (χ1n) is 8.52. The minimum atomic E-state index is 0.0581. The van der Waals surface area contributed by atoms with Crippen LogP contribution in [0.15, 0.2) is 18.5 Å². The summed E-state index contributed by atoms with van der Waals surface area (Å²) in [5.41, 5.74) is 0.737. The van der Waals surface area contributed by atoms with Crippen LogP contribution in [0, 0.1) is 5.92 Å². The Kier molecular flexibility index (Phi) is 3.85. The summed E-state index contributed by atoms with van der Waals surface area (Å²) in [6.07, 6.45) is 8.33. The summed E-state index contributed by atoms with van der Waals surface area (Å²) < 4.78 is 1.68. The number of rotatable bonds is 3. The first kappa shape index (κ1) is 14.4. The number of amides is 1. The van der Waals surface area contributed by atoms with Gasteiger partial charge >= 0.3 is 0 Å². The summed E-state index contributed by atoms with van der Waals surface area (Å²) in [4.78, 5) is 14.7. The summed E-state index contributed by atoms with van der Waals surface area (Å²) in [6, 6.07) is 4.27. The van der Waals surface area contributed by atoms with Crippen molar-refractivity contribution < 1.29 is 4.79 Å². The molecule has 3 heterocycles. The van der Waals surface area contributed by atoms with E-state index in [-0.39, 0.29) is 11.8 Å². The maximum Gasteiger partial charge on any atom is 0.225 e. The van der Waals surface area contributed by atoms with Crippen molar-refractivity contribution in [1.29, 1.82) is 0 Å². The molecule has 1 saturated carbocycles. The summed E-state index contributed by atoms with van der Waals surface area (Å²) in [5, 5.41) is 15.6. The van der Waals surface area contributed by atoms with E-state index in [1.165, 1.54) is 12.8 Å². The van der Waals surface area contributed by atoms with Gasteiger partial charge in [0.2, 0.25) is 5.91 Å². The number of fused-ring (bicyclic) bond motifs is 1. The van der Waals surface area contributed by atoms with E-state index in [1.807, 2.05) is 12.1 Å². The molecule has 1 N–H and O–H groups in total. The second kappa shape index (κ2) is 6.14. The molecule has 1 atom stereocenters. The second-order valence-corrected chi connectivity index (χ2v) is 6.60. The van der Waals surface area contributed by atoms with E-state index in [1.54, 1.807) is 10.8 Å². The largest absolute Gasteiger partial charge is 0.354 e. The van der Waals surface area contributed by atoms with Gasteiger partial charge in [0.25, 0.3) is 0 Å². The van der Waals surface area contributed by atoms with Crippen LogP contribution in [0.3, 0.4) is 0 Å². The predicted molar refractivity (Wildman–Crippen MR) is 86.1 cm³/mol. The minimum Gasteiger partial charge on any atom is -0.354 e. The van der Waals surface area contributed by atoms with Crippen LogP contribution in [0.5, 0.6) is 0 Å². The van der Waals surface area contributed by atoms with Crippen LogP contribution in [0.1, 0.15) is 38.5 Å². The number of hydrogen-bond donors (Lipinski definition) is 1. The summed E-state index contributed by atoms with van der Waals surface area (Å²) in [6.45, 7) is 1.67. The third-order valence-electron chi connectivity index (χ3n) is 4.97. The molecule has 1 saturated heterocycles. The van der Waals surface area contributed by atoms with Crippen molar-refractivity contribution in [2.75, 3.05) is 18.0 Å². The van der Waals surface area contributed by atoms with Crippen LogP contribution >= 0.6 is 0 Å². The van der Waals surface area contributed by atoms with Crippen LogP contribution in [-0.2, 0) is 4.79 Å². The van der Waals surface area contributed by atoms with E-state index >= 15 is 0 Å². The number of nitrogens with one attached hydrogen (secondary N) is 1. The normalized spacial score (nSPS) is 22.6. The molecule has 0 bridgehead atoms. The molecule has 23 heavy (non-hydrogen) atoms. The van der Waals surface area contributed by atoms with Gasteiger partial charge in [-0.15, -0.1) is 15.3 Å². The molecule has 0 spiro atoms. The van der Waals surface area contributed by atoms with E-state index in [2.05, 4.69) is 25.5 Å². The molecule has 2 aromatic heterocycles. The van der Waals surface area contributed by atoms with Crippen molar-refractivity contribution in [2.45, 2.75) is 44.6 Å². The molecule has 7 nitrogen and oxygen atoms in total. The highest BCUT2D eigenvalue weighted by Crippen LogP contribution is 2.23. The fraction of sp³-hybridized carbons (Fsp3) is 0.625. The maximum atomic E-state index is 12.5. The molecular formula is C16H22N6O. The Bertz CT molecular complexity index is 693. The smallest absolute Gasteiger partial charge is 0.225 e. The zero-order valence-electron chi connectivity index (χ0n) is 13.2. The van der Waals surface area contributed by atoms with E-state index in [0.717, 1.165) is 50.2 Å². The highest BCUT2D eigenvalue weighted by molar-refractivity contribution is 5.79. The molecule has 4 rings (SSSR count). The lowest BCUT2D eigenvalue weighted by Gasteiger charge is -2.33. The van der Waals surface area contributed by atoms with Gasteiger partial charge < -0.3 is 10.2 Å². The molecule has 0 unspecified atom stereocenters. The van der Waals surface area contributed by atoms with Crippen molar-refractivity contribution in [3.63, 3.8) is 0 Å². The molecule has 2 aliphatic rings. The molecule has 2 fully saturated rings. The molecule has 1 amide bonds. The van der Waals surface area contributed by atoms with E-state index in [9.17, 15) is 4.79 Å². The standard InChI is InChI=1S/C16H22N6O/c23-16(18-13-5-1-2-6-13)12-4-3-9-21(10-12)15-8-7-14-19-17-11-22(14)20-15/h7-8,11-13H,1-6,9-10H2,(H,18,23)/t12-/m0/s1. The average molecular weight is 314 g/mol.